The van der Waals surface area contributed by atoms with Gasteiger partial charge >= 0.3 is 0 Å². The Bertz CT molecular complexity index is 612. The van der Waals surface area contributed by atoms with Crippen LogP contribution in [0.2, 0.25) is 0 Å². The van der Waals surface area contributed by atoms with Crippen LogP contribution in [0, 0.1) is 0 Å². The lowest BCUT2D eigenvalue weighted by Crippen LogP contribution is -2.41. The summed E-state index contributed by atoms with van der Waals surface area (Å²) in [6, 6.07) is 9.03. The molecular weight excluding hydrogens is 304 g/mol. The summed E-state index contributed by atoms with van der Waals surface area (Å²) in [5, 5.41) is 10.3. The Hall–Kier alpha value is -1.70. The normalized spacial score (nSPS) is 13.5. The lowest BCUT2D eigenvalue weighted by Gasteiger charge is -2.21. The van der Waals surface area contributed by atoms with Gasteiger partial charge in [0, 0.05) is 26.0 Å². The van der Waals surface area contributed by atoms with Crippen molar-refractivity contribution in [2.24, 2.45) is 0 Å². The highest BCUT2D eigenvalue weighted by Gasteiger charge is 2.20. The summed E-state index contributed by atoms with van der Waals surface area (Å²) in [6.07, 6.45) is 0.823. The Morgan fingerprint density at radius 1 is 1.27 bits per heavy atom. The molecule has 1 aromatic rings. The van der Waals surface area contributed by atoms with E-state index in [1.165, 1.54) is 25.1 Å². The minimum atomic E-state index is -3.67. The van der Waals surface area contributed by atoms with E-state index in [0.717, 1.165) is 15.3 Å². The van der Waals surface area contributed by atoms with Crippen LogP contribution < -0.4 is 0 Å². The molecule has 0 aromatic heterocycles. The van der Waals surface area contributed by atoms with Gasteiger partial charge in [-0.2, -0.15) is 4.31 Å². The number of aliphatic hydroxyl groups excluding tert-OH is 1. The number of benzene rings is 1. The van der Waals surface area contributed by atoms with Crippen LogP contribution in [-0.4, -0.2) is 61.9 Å². The molecule has 1 atom stereocenters. The summed E-state index contributed by atoms with van der Waals surface area (Å²) in [7, 11) is -0.804. The summed E-state index contributed by atoms with van der Waals surface area (Å²) >= 11 is 0. The van der Waals surface area contributed by atoms with Crippen molar-refractivity contribution in [2.45, 2.75) is 13.0 Å². The fraction of sp³-hybridized carbons (Fsp3) is 0.400. The maximum atomic E-state index is 12.1. The molecule has 122 valence electrons. The first-order valence-corrected chi connectivity index (χ1v) is 8.34. The van der Waals surface area contributed by atoms with E-state index in [9.17, 15) is 18.3 Å². The number of hydrogen-bond donors (Lipinski definition) is 1. The summed E-state index contributed by atoms with van der Waals surface area (Å²) in [5.41, 5.74) is 0.761. The first kappa shape index (κ1) is 18.3. The zero-order valence-corrected chi connectivity index (χ0v) is 13.8. The Balaban J connectivity index is 2.69. The highest BCUT2D eigenvalue weighted by atomic mass is 32.2. The number of nitrogens with zero attached hydrogens (tertiary/aromatic N) is 2. The molecule has 1 aromatic carbocycles. The second-order valence-corrected chi connectivity index (χ2v) is 7.06. The fourth-order valence-electron chi connectivity index (χ4n) is 1.73. The van der Waals surface area contributed by atoms with Crippen molar-refractivity contribution >= 4 is 22.0 Å². The second-order valence-electron chi connectivity index (χ2n) is 5.14. The van der Waals surface area contributed by atoms with Crippen LogP contribution in [0.3, 0.4) is 0 Å². The van der Waals surface area contributed by atoms with Gasteiger partial charge in [0.1, 0.15) is 0 Å². The zero-order chi connectivity index (χ0) is 16.8. The minimum absolute atomic E-state index is 0.159. The molecule has 1 N–H and O–H groups in total. The van der Waals surface area contributed by atoms with Gasteiger partial charge in [-0.05, 0) is 18.6 Å². The van der Waals surface area contributed by atoms with Crippen LogP contribution in [0.25, 0.3) is 6.08 Å². The monoisotopic (exact) mass is 326 g/mol. The number of carbonyl (C=O) groups is 1. The Kier molecular flexibility index (Phi) is 6.73. The third-order valence-electron chi connectivity index (χ3n) is 2.99. The molecule has 1 rings (SSSR count). The van der Waals surface area contributed by atoms with Gasteiger partial charge in [0.25, 0.3) is 0 Å². The minimum Gasteiger partial charge on any atom is -0.392 e. The molecule has 7 heteroatoms. The SMILES string of the molecule is C[C@H](O)CN(C)C(=O)CN(C)S(=O)(=O)/C=C/c1ccccc1. The average Bonchev–Trinajstić information content (AvgIpc) is 2.45. The van der Waals surface area contributed by atoms with Crippen molar-refractivity contribution < 1.29 is 18.3 Å². The average molecular weight is 326 g/mol. The predicted molar refractivity (Wildman–Crippen MR) is 86.3 cm³/mol. The Labute approximate surface area is 131 Å². The number of amides is 1. The number of aliphatic hydroxyl groups is 1. The maximum Gasteiger partial charge on any atom is 0.237 e. The maximum absolute atomic E-state index is 12.1. The molecule has 0 saturated carbocycles. The lowest BCUT2D eigenvalue weighted by atomic mass is 10.2. The van der Waals surface area contributed by atoms with Crippen LogP contribution in [-0.2, 0) is 14.8 Å². The molecule has 0 aliphatic rings. The summed E-state index contributed by atoms with van der Waals surface area (Å²) in [4.78, 5) is 13.2. The highest BCUT2D eigenvalue weighted by molar-refractivity contribution is 7.92. The molecule has 0 unspecified atom stereocenters. The second kappa shape index (κ2) is 8.07. The molecule has 0 aliphatic carbocycles. The van der Waals surface area contributed by atoms with E-state index < -0.39 is 16.1 Å². The van der Waals surface area contributed by atoms with Crippen molar-refractivity contribution in [3.05, 3.63) is 41.3 Å². The number of hydrogen-bond acceptors (Lipinski definition) is 4. The van der Waals surface area contributed by atoms with E-state index in [1.807, 2.05) is 18.2 Å². The van der Waals surface area contributed by atoms with Gasteiger partial charge in [0.2, 0.25) is 15.9 Å². The largest absolute Gasteiger partial charge is 0.392 e. The third kappa shape index (κ3) is 5.97. The van der Waals surface area contributed by atoms with Crippen molar-refractivity contribution in [3.8, 4) is 0 Å². The van der Waals surface area contributed by atoms with Gasteiger partial charge in [-0.3, -0.25) is 4.79 Å². The van der Waals surface area contributed by atoms with Crippen molar-refractivity contribution in [1.29, 1.82) is 0 Å². The quantitative estimate of drug-likeness (QED) is 0.802. The molecule has 1 amide bonds. The first-order chi connectivity index (χ1) is 10.2. The van der Waals surface area contributed by atoms with Crippen LogP contribution in [0.1, 0.15) is 12.5 Å². The van der Waals surface area contributed by atoms with Gasteiger partial charge in [-0.15, -0.1) is 0 Å². The van der Waals surface area contributed by atoms with Crippen LogP contribution in [0.4, 0.5) is 0 Å². The lowest BCUT2D eigenvalue weighted by molar-refractivity contribution is -0.131. The number of likely N-dealkylation sites (N-methyl/N-ethyl adjacent to an activating group) is 2. The van der Waals surface area contributed by atoms with E-state index in [0.29, 0.717) is 0 Å². The van der Waals surface area contributed by atoms with Gasteiger partial charge in [0.15, 0.2) is 0 Å². The van der Waals surface area contributed by atoms with Crippen LogP contribution in [0.15, 0.2) is 35.7 Å². The van der Waals surface area contributed by atoms with Crippen molar-refractivity contribution in [2.75, 3.05) is 27.2 Å². The molecule has 6 nitrogen and oxygen atoms in total. The highest BCUT2D eigenvalue weighted by Crippen LogP contribution is 2.07. The van der Waals surface area contributed by atoms with E-state index >= 15 is 0 Å². The molecule has 0 aliphatic heterocycles. The zero-order valence-electron chi connectivity index (χ0n) is 13.0. The molecule has 0 bridgehead atoms. The third-order valence-corrected chi connectivity index (χ3v) is 4.47. The molecule has 0 fully saturated rings. The van der Waals surface area contributed by atoms with Gasteiger partial charge in [0.05, 0.1) is 12.6 Å². The number of rotatable bonds is 7. The molecule has 0 radical (unpaired) electrons. The summed E-state index contributed by atoms with van der Waals surface area (Å²) < 4.78 is 25.2. The number of sulfonamides is 1. The van der Waals surface area contributed by atoms with E-state index in [-0.39, 0.29) is 19.0 Å². The van der Waals surface area contributed by atoms with Gasteiger partial charge < -0.3 is 10.0 Å². The first-order valence-electron chi connectivity index (χ1n) is 6.84. The molecule has 0 spiro atoms. The predicted octanol–water partition coefficient (Wildman–Crippen LogP) is 0.758. The molecule has 0 saturated heterocycles. The summed E-state index contributed by atoms with van der Waals surface area (Å²) in [5.74, 6) is -0.375. The Morgan fingerprint density at radius 2 is 1.86 bits per heavy atom. The standard InChI is InChI=1S/C15H22N2O4S/c1-13(18)11-16(2)15(19)12-17(3)22(20,21)10-9-14-7-5-4-6-8-14/h4-10,13,18H,11-12H2,1-3H3/b10-9+/t13-/m0/s1. The van der Waals surface area contributed by atoms with Crippen molar-refractivity contribution in [3.63, 3.8) is 0 Å². The van der Waals surface area contributed by atoms with Crippen LogP contribution >= 0.6 is 0 Å². The van der Waals surface area contributed by atoms with Gasteiger partial charge in [-0.1, -0.05) is 30.3 Å². The Morgan fingerprint density at radius 3 is 2.41 bits per heavy atom. The molecule has 0 heterocycles. The molecular formula is C15H22N2O4S. The molecule has 22 heavy (non-hydrogen) atoms. The van der Waals surface area contributed by atoms with E-state index in [2.05, 4.69) is 0 Å². The van der Waals surface area contributed by atoms with Crippen molar-refractivity contribution in [1.82, 2.24) is 9.21 Å². The summed E-state index contributed by atoms with van der Waals surface area (Å²) in [6.45, 7) is 1.45. The van der Waals surface area contributed by atoms with E-state index in [1.54, 1.807) is 19.1 Å². The van der Waals surface area contributed by atoms with Gasteiger partial charge in [-0.25, -0.2) is 8.42 Å². The van der Waals surface area contributed by atoms with E-state index in [4.69, 9.17) is 0 Å². The van der Waals surface area contributed by atoms with Crippen LogP contribution in [0.5, 0.6) is 0 Å². The fourth-order valence-corrected chi connectivity index (χ4v) is 2.56. The topological polar surface area (TPSA) is 77.9 Å². The number of carbonyl (C=O) groups excluding carboxylic acids is 1. The smallest absolute Gasteiger partial charge is 0.237 e.